The van der Waals surface area contributed by atoms with Crippen LogP contribution in [0, 0.1) is 0 Å². The zero-order valence-electron chi connectivity index (χ0n) is 15.4. The molecule has 1 aromatic carbocycles. The van der Waals surface area contributed by atoms with Crippen LogP contribution in [0.5, 0.6) is 0 Å². The zero-order chi connectivity index (χ0) is 18.6. The van der Waals surface area contributed by atoms with Gasteiger partial charge in [0, 0.05) is 6.04 Å². The molecule has 1 aliphatic rings. The van der Waals surface area contributed by atoms with Crippen LogP contribution in [0.4, 0.5) is 11.5 Å². The molecule has 2 aromatic rings. The fourth-order valence-corrected chi connectivity index (χ4v) is 4.28. The topological polar surface area (TPSA) is 71.1 Å². The summed E-state index contributed by atoms with van der Waals surface area (Å²) < 4.78 is 27.7. The van der Waals surface area contributed by atoms with Crippen molar-refractivity contribution in [1.29, 1.82) is 0 Å². The normalized spacial score (nSPS) is 15.8. The first-order valence-corrected chi connectivity index (χ1v) is 10.8. The Labute approximate surface area is 156 Å². The Morgan fingerprint density at radius 3 is 2.27 bits per heavy atom. The predicted molar refractivity (Wildman–Crippen MR) is 106 cm³/mol. The fraction of sp³-hybridized carbons (Fsp3) is 0.450. The van der Waals surface area contributed by atoms with E-state index in [9.17, 15) is 8.42 Å². The highest BCUT2D eigenvalue weighted by atomic mass is 32.2. The molecular weight excluding hydrogens is 346 g/mol. The van der Waals surface area contributed by atoms with Crippen LogP contribution in [0.15, 0.2) is 47.5 Å². The van der Waals surface area contributed by atoms with Gasteiger partial charge in [-0.15, -0.1) is 0 Å². The molecule has 0 amide bonds. The minimum Gasteiger partial charge on any atom is -0.367 e. The Kier molecular flexibility index (Phi) is 5.81. The van der Waals surface area contributed by atoms with E-state index >= 15 is 0 Å². The largest absolute Gasteiger partial charge is 0.367 e. The number of hydrogen-bond acceptors (Lipinski definition) is 4. The van der Waals surface area contributed by atoms with Gasteiger partial charge in [-0.3, -0.25) is 4.72 Å². The standard InChI is InChI=1S/C20H27N3O2S/c1-15(2)16-8-11-19(12-9-16)26(24,25)23-18-10-13-20(21-14-18)22-17-6-4-3-5-7-17/h8-15,17,23H,3-7H2,1-2H3,(H,21,22). The van der Waals surface area contributed by atoms with Gasteiger partial charge in [0.2, 0.25) is 0 Å². The third kappa shape index (κ3) is 4.75. The molecule has 6 heteroatoms. The number of nitrogens with one attached hydrogen (secondary N) is 2. The third-order valence-electron chi connectivity index (χ3n) is 4.83. The van der Waals surface area contributed by atoms with Gasteiger partial charge in [0.1, 0.15) is 5.82 Å². The molecule has 1 fully saturated rings. The van der Waals surface area contributed by atoms with Gasteiger partial charge in [-0.2, -0.15) is 0 Å². The van der Waals surface area contributed by atoms with Crippen LogP contribution in [0.3, 0.4) is 0 Å². The summed E-state index contributed by atoms with van der Waals surface area (Å²) in [6, 6.07) is 11.0. The van der Waals surface area contributed by atoms with Crippen molar-refractivity contribution < 1.29 is 8.42 Å². The van der Waals surface area contributed by atoms with E-state index in [0.717, 1.165) is 11.4 Å². The highest BCUT2D eigenvalue weighted by Gasteiger charge is 2.16. The molecule has 3 rings (SSSR count). The number of sulfonamides is 1. The molecule has 0 atom stereocenters. The van der Waals surface area contributed by atoms with E-state index < -0.39 is 10.0 Å². The number of hydrogen-bond donors (Lipinski definition) is 2. The van der Waals surface area contributed by atoms with Gasteiger partial charge < -0.3 is 5.32 Å². The molecule has 140 valence electrons. The summed E-state index contributed by atoms with van der Waals surface area (Å²) in [5.41, 5.74) is 1.58. The number of pyridine rings is 1. The van der Waals surface area contributed by atoms with Gasteiger partial charge in [0.05, 0.1) is 16.8 Å². The maximum absolute atomic E-state index is 12.5. The minimum atomic E-state index is -3.61. The summed E-state index contributed by atoms with van der Waals surface area (Å²) in [5, 5.41) is 3.43. The van der Waals surface area contributed by atoms with Crippen molar-refractivity contribution in [1.82, 2.24) is 4.98 Å². The molecular formula is C20H27N3O2S. The van der Waals surface area contributed by atoms with E-state index in [1.807, 2.05) is 18.2 Å². The SMILES string of the molecule is CC(C)c1ccc(S(=O)(=O)Nc2ccc(NC3CCCCC3)nc2)cc1. The van der Waals surface area contributed by atoms with Gasteiger partial charge in [0.25, 0.3) is 10.0 Å². The predicted octanol–water partition coefficient (Wildman–Crippen LogP) is 4.75. The van der Waals surface area contributed by atoms with E-state index in [2.05, 4.69) is 28.9 Å². The highest BCUT2D eigenvalue weighted by Crippen LogP contribution is 2.23. The van der Waals surface area contributed by atoms with Crippen molar-refractivity contribution in [3.05, 3.63) is 48.2 Å². The van der Waals surface area contributed by atoms with Gasteiger partial charge in [-0.05, 0) is 48.6 Å². The van der Waals surface area contributed by atoms with E-state index in [1.54, 1.807) is 24.4 Å². The number of nitrogens with zero attached hydrogens (tertiary/aromatic N) is 1. The van der Waals surface area contributed by atoms with Crippen LogP contribution < -0.4 is 10.0 Å². The summed E-state index contributed by atoms with van der Waals surface area (Å²) in [6.07, 6.45) is 7.72. The van der Waals surface area contributed by atoms with E-state index in [4.69, 9.17) is 0 Å². The second kappa shape index (κ2) is 8.08. The summed E-state index contributed by atoms with van der Waals surface area (Å²) in [5.74, 6) is 1.16. The van der Waals surface area contributed by atoms with Crippen molar-refractivity contribution in [2.45, 2.75) is 62.8 Å². The summed E-state index contributed by atoms with van der Waals surface area (Å²) in [7, 11) is -3.61. The van der Waals surface area contributed by atoms with E-state index in [1.165, 1.54) is 32.1 Å². The first-order valence-electron chi connectivity index (χ1n) is 9.29. The molecule has 1 heterocycles. The van der Waals surface area contributed by atoms with Gasteiger partial charge in [-0.1, -0.05) is 45.2 Å². The Balaban J connectivity index is 1.65. The second-order valence-corrected chi connectivity index (χ2v) is 8.92. The van der Waals surface area contributed by atoms with E-state index in [-0.39, 0.29) is 4.90 Å². The lowest BCUT2D eigenvalue weighted by Crippen LogP contribution is -2.22. The molecule has 0 aliphatic heterocycles. The monoisotopic (exact) mass is 373 g/mol. The average Bonchev–Trinajstić information content (AvgIpc) is 2.64. The quantitative estimate of drug-likeness (QED) is 0.766. The van der Waals surface area contributed by atoms with Crippen molar-refractivity contribution in [2.75, 3.05) is 10.0 Å². The number of anilines is 2. The van der Waals surface area contributed by atoms with Crippen molar-refractivity contribution >= 4 is 21.5 Å². The van der Waals surface area contributed by atoms with E-state index in [0.29, 0.717) is 17.6 Å². The molecule has 26 heavy (non-hydrogen) atoms. The smallest absolute Gasteiger partial charge is 0.261 e. The van der Waals surface area contributed by atoms with Crippen molar-refractivity contribution in [3.8, 4) is 0 Å². The minimum absolute atomic E-state index is 0.256. The third-order valence-corrected chi connectivity index (χ3v) is 6.23. The molecule has 1 aliphatic carbocycles. The van der Waals surface area contributed by atoms with Gasteiger partial charge in [-0.25, -0.2) is 13.4 Å². The van der Waals surface area contributed by atoms with Crippen molar-refractivity contribution in [3.63, 3.8) is 0 Å². The molecule has 1 aromatic heterocycles. The first-order chi connectivity index (χ1) is 12.4. The van der Waals surface area contributed by atoms with Gasteiger partial charge >= 0.3 is 0 Å². The maximum atomic E-state index is 12.5. The maximum Gasteiger partial charge on any atom is 0.261 e. The Bertz CT molecular complexity index is 809. The lowest BCUT2D eigenvalue weighted by Gasteiger charge is -2.23. The first kappa shape index (κ1) is 18.7. The molecule has 5 nitrogen and oxygen atoms in total. The number of benzene rings is 1. The van der Waals surface area contributed by atoms with Crippen LogP contribution in [0.2, 0.25) is 0 Å². The van der Waals surface area contributed by atoms with Crippen LogP contribution >= 0.6 is 0 Å². The van der Waals surface area contributed by atoms with Crippen LogP contribution in [0.25, 0.3) is 0 Å². The molecule has 0 spiro atoms. The molecule has 0 unspecified atom stereocenters. The Hall–Kier alpha value is -2.08. The fourth-order valence-electron chi connectivity index (χ4n) is 3.24. The Morgan fingerprint density at radius 1 is 1.00 bits per heavy atom. The molecule has 1 saturated carbocycles. The van der Waals surface area contributed by atoms with Crippen LogP contribution in [-0.2, 0) is 10.0 Å². The summed E-state index contributed by atoms with van der Waals surface area (Å²) >= 11 is 0. The number of rotatable bonds is 6. The van der Waals surface area contributed by atoms with Gasteiger partial charge in [0.15, 0.2) is 0 Å². The zero-order valence-corrected chi connectivity index (χ0v) is 16.2. The average molecular weight is 374 g/mol. The number of aromatic nitrogens is 1. The summed E-state index contributed by atoms with van der Waals surface area (Å²) in [6.45, 7) is 4.16. The lowest BCUT2D eigenvalue weighted by molar-refractivity contribution is 0.462. The van der Waals surface area contributed by atoms with Crippen LogP contribution in [-0.4, -0.2) is 19.4 Å². The molecule has 0 radical (unpaired) electrons. The highest BCUT2D eigenvalue weighted by molar-refractivity contribution is 7.92. The second-order valence-electron chi connectivity index (χ2n) is 7.24. The van der Waals surface area contributed by atoms with Crippen LogP contribution in [0.1, 0.15) is 57.4 Å². The lowest BCUT2D eigenvalue weighted by atomic mass is 9.95. The Morgan fingerprint density at radius 2 is 1.69 bits per heavy atom. The molecule has 2 N–H and O–H groups in total. The van der Waals surface area contributed by atoms with Crippen molar-refractivity contribution in [2.24, 2.45) is 0 Å². The molecule has 0 bridgehead atoms. The molecule has 0 saturated heterocycles. The summed E-state index contributed by atoms with van der Waals surface area (Å²) in [4.78, 5) is 4.61.